The highest BCUT2D eigenvalue weighted by atomic mass is 16.6. The SMILES string of the molecule is C[C@@H]1C[C@H](OC(=O)c2ccc(NC(=O)C3CC3)cc2)C(=O)O1. The number of anilines is 1. The molecule has 1 aromatic rings. The van der Waals surface area contributed by atoms with Gasteiger partial charge in [0.2, 0.25) is 12.0 Å². The Morgan fingerprint density at radius 3 is 2.45 bits per heavy atom. The van der Waals surface area contributed by atoms with Crippen molar-refractivity contribution in [1.82, 2.24) is 0 Å². The minimum atomic E-state index is -0.836. The van der Waals surface area contributed by atoms with Gasteiger partial charge in [0.05, 0.1) is 5.56 Å². The maximum Gasteiger partial charge on any atom is 0.347 e. The van der Waals surface area contributed by atoms with E-state index in [1.807, 2.05) is 0 Å². The Labute approximate surface area is 127 Å². The third-order valence-corrected chi connectivity index (χ3v) is 3.71. The highest BCUT2D eigenvalue weighted by Gasteiger charge is 2.35. The molecule has 1 saturated heterocycles. The van der Waals surface area contributed by atoms with E-state index < -0.39 is 18.0 Å². The summed E-state index contributed by atoms with van der Waals surface area (Å²) in [5.74, 6) is -0.941. The highest BCUT2D eigenvalue weighted by Crippen LogP contribution is 2.30. The van der Waals surface area contributed by atoms with Gasteiger partial charge in [-0.15, -0.1) is 0 Å². The zero-order valence-electron chi connectivity index (χ0n) is 12.2. The lowest BCUT2D eigenvalue weighted by atomic mass is 10.2. The molecule has 1 N–H and O–H groups in total. The van der Waals surface area contributed by atoms with Crippen molar-refractivity contribution >= 4 is 23.5 Å². The van der Waals surface area contributed by atoms with Gasteiger partial charge in [0.25, 0.3) is 0 Å². The van der Waals surface area contributed by atoms with Crippen molar-refractivity contribution in [2.75, 3.05) is 5.32 Å². The molecule has 22 heavy (non-hydrogen) atoms. The van der Waals surface area contributed by atoms with Crippen LogP contribution in [0, 0.1) is 5.92 Å². The predicted molar refractivity (Wildman–Crippen MR) is 77.2 cm³/mol. The Balaban J connectivity index is 1.58. The molecular formula is C16H17NO5. The molecule has 2 fully saturated rings. The molecule has 3 rings (SSSR count). The molecule has 6 heteroatoms. The first-order chi connectivity index (χ1) is 10.5. The van der Waals surface area contributed by atoms with Crippen LogP contribution in [0.3, 0.4) is 0 Å². The van der Waals surface area contributed by atoms with Gasteiger partial charge in [0.1, 0.15) is 6.10 Å². The van der Waals surface area contributed by atoms with E-state index in [9.17, 15) is 14.4 Å². The zero-order valence-corrected chi connectivity index (χ0v) is 12.2. The number of carbonyl (C=O) groups is 3. The summed E-state index contributed by atoms with van der Waals surface area (Å²) in [6, 6.07) is 6.42. The molecular weight excluding hydrogens is 286 g/mol. The van der Waals surface area contributed by atoms with E-state index in [1.165, 1.54) is 0 Å². The van der Waals surface area contributed by atoms with E-state index in [1.54, 1.807) is 31.2 Å². The lowest BCUT2D eigenvalue weighted by molar-refractivity contribution is -0.147. The fourth-order valence-electron chi connectivity index (χ4n) is 2.29. The first-order valence-electron chi connectivity index (χ1n) is 7.35. The largest absolute Gasteiger partial charge is 0.460 e. The van der Waals surface area contributed by atoms with Crippen LogP contribution in [0.4, 0.5) is 5.69 Å². The van der Waals surface area contributed by atoms with Crippen LogP contribution in [0.25, 0.3) is 0 Å². The van der Waals surface area contributed by atoms with Gasteiger partial charge in [-0.2, -0.15) is 0 Å². The van der Waals surface area contributed by atoms with Crippen molar-refractivity contribution in [1.29, 1.82) is 0 Å². The fourth-order valence-corrected chi connectivity index (χ4v) is 2.29. The third kappa shape index (κ3) is 3.27. The Morgan fingerprint density at radius 1 is 1.23 bits per heavy atom. The van der Waals surface area contributed by atoms with Gasteiger partial charge >= 0.3 is 11.9 Å². The molecule has 2 aliphatic rings. The highest BCUT2D eigenvalue weighted by molar-refractivity contribution is 5.95. The molecule has 2 atom stereocenters. The van der Waals surface area contributed by atoms with Gasteiger partial charge in [-0.25, -0.2) is 9.59 Å². The van der Waals surface area contributed by atoms with E-state index in [4.69, 9.17) is 9.47 Å². The number of esters is 2. The van der Waals surface area contributed by atoms with E-state index >= 15 is 0 Å². The Bertz CT molecular complexity index is 605. The van der Waals surface area contributed by atoms with E-state index in [0.29, 0.717) is 17.7 Å². The molecule has 0 aromatic heterocycles. The van der Waals surface area contributed by atoms with Crippen LogP contribution in [-0.2, 0) is 19.1 Å². The van der Waals surface area contributed by atoms with Crippen molar-refractivity contribution in [3.05, 3.63) is 29.8 Å². The van der Waals surface area contributed by atoms with Crippen LogP contribution in [0.5, 0.6) is 0 Å². The minimum absolute atomic E-state index is 0.0121. The number of benzene rings is 1. The van der Waals surface area contributed by atoms with Gasteiger partial charge in [0.15, 0.2) is 0 Å². The number of amides is 1. The summed E-state index contributed by atoms with van der Waals surface area (Å²) in [4.78, 5) is 35.1. The van der Waals surface area contributed by atoms with Crippen LogP contribution in [0.15, 0.2) is 24.3 Å². The van der Waals surface area contributed by atoms with Gasteiger partial charge in [-0.05, 0) is 44.0 Å². The van der Waals surface area contributed by atoms with E-state index in [-0.39, 0.29) is 17.9 Å². The minimum Gasteiger partial charge on any atom is -0.460 e. The molecule has 1 heterocycles. The fraction of sp³-hybridized carbons (Fsp3) is 0.438. The summed E-state index contributed by atoms with van der Waals surface area (Å²) in [6.45, 7) is 1.75. The van der Waals surface area contributed by atoms with Crippen LogP contribution in [0.2, 0.25) is 0 Å². The van der Waals surface area contributed by atoms with Crippen LogP contribution >= 0.6 is 0 Å². The number of nitrogens with one attached hydrogen (secondary N) is 1. The zero-order chi connectivity index (χ0) is 15.7. The van der Waals surface area contributed by atoms with Crippen LogP contribution in [0.1, 0.15) is 36.5 Å². The lowest BCUT2D eigenvalue weighted by Crippen LogP contribution is -2.22. The average Bonchev–Trinajstić information content (AvgIpc) is 3.27. The molecule has 0 bridgehead atoms. The smallest absolute Gasteiger partial charge is 0.347 e. The predicted octanol–water partition coefficient (Wildman–Crippen LogP) is 1.90. The normalized spacial score (nSPS) is 23.8. The Hall–Kier alpha value is -2.37. The first-order valence-corrected chi connectivity index (χ1v) is 7.35. The van der Waals surface area contributed by atoms with Gasteiger partial charge < -0.3 is 14.8 Å². The van der Waals surface area contributed by atoms with E-state index in [2.05, 4.69) is 5.32 Å². The summed E-state index contributed by atoms with van der Waals surface area (Å²) < 4.78 is 10.1. The monoisotopic (exact) mass is 303 g/mol. The molecule has 116 valence electrons. The van der Waals surface area contributed by atoms with Gasteiger partial charge in [-0.1, -0.05) is 0 Å². The summed E-state index contributed by atoms with van der Waals surface area (Å²) in [7, 11) is 0. The summed E-state index contributed by atoms with van der Waals surface area (Å²) in [5, 5.41) is 2.79. The van der Waals surface area contributed by atoms with Crippen molar-refractivity contribution in [3.63, 3.8) is 0 Å². The number of ether oxygens (including phenoxy) is 2. The third-order valence-electron chi connectivity index (χ3n) is 3.71. The Morgan fingerprint density at radius 2 is 1.91 bits per heavy atom. The molecule has 1 aliphatic carbocycles. The standard InChI is InChI=1S/C16H17NO5/c1-9-8-13(16(20)21-9)22-15(19)11-4-6-12(7-5-11)17-14(18)10-2-3-10/h4-7,9-10,13H,2-3,8H2,1H3,(H,17,18)/t9-,13+/m1/s1. The van der Waals surface area contributed by atoms with Crippen molar-refractivity contribution in [2.45, 2.75) is 38.4 Å². The van der Waals surface area contributed by atoms with Crippen molar-refractivity contribution in [3.8, 4) is 0 Å². The van der Waals surface area contributed by atoms with Gasteiger partial charge in [0, 0.05) is 18.0 Å². The average molecular weight is 303 g/mol. The summed E-state index contributed by atoms with van der Waals surface area (Å²) in [5.41, 5.74) is 0.971. The van der Waals surface area contributed by atoms with Gasteiger partial charge in [-0.3, -0.25) is 4.79 Å². The molecule has 1 aromatic carbocycles. The molecule has 1 aliphatic heterocycles. The summed E-state index contributed by atoms with van der Waals surface area (Å²) >= 11 is 0. The quantitative estimate of drug-likeness (QED) is 0.859. The number of rotatable bonds is 4. The van der Waals surface area contributed by atoms with Crippen molar-refractivity contribution < 1.29 is 23.9 Å². The maximum absolute atomic E-state index is 12.0. The molecule has 0 spiro atoms. The van der Waals surface area contributed by atoms with Crippen molar-refractivity contribution in [2.24, 2.45) is 5.92 Å². The molecule has 0 radical (unpaired) electrons. The second kappa shape index (κ2) is 5.79. The molecule has 1 amide bonds. The molecule has 0 unspecified atom stereocenters. The summed E-state index contributed by atoms with van der Waals surface area (Å²) in [6.07, 6.45) is 1.18. The topological polar surface area (TPSA) is 81.7 Å². The number of cyclic esters (lactones) is 1. The molecule has 1 saturated carbocycles. The first kappa shape index (κ1) is 14.6. The number of carbonyl (C=O) groups excluding carboxylic acids is 3. The lowest BCUT2D eigenvalue weighted by Gasteiger charge is -2.09. The Kier molecular flexibility index (Phi) is 3.83. The number of hydrogen-bond donors (Lipinski definition) is 1. The molecule has 6 nitrogen and oxygen atoms in total. The maximum atomic E-state index is 12.0. The second-order valence-corrected chi connectivity index (χ2v) is 5.72. The second-order valence-electron chi connectivity index (χ2n) is 5.72. The van der Waals surface area contributed by atoms with Crippen LogP contribution in [-0.4, -0.2) is 30.1 Å². The van der Waals surface area contributed by atoms with E-state index in [0.717, 1.165) is 12.8 Å². The van der Waals surface area contributed by atoms with Crippen LogP contribution < -0.4 is 5.32 Å². The number of hydrogen-bond acceptors (Lipinski definition) is 5.